The summed E-state index contributed by atoms with van der Waals surface area (Å²) in [6.07, 6.45) is 0. The monoisotopic (exact) mass is 535 g/mol. The molecule has 3 heterocycles. The van der Waals surface area contributed by atoms with Crippen molar-refractivity contribution in [2.75, 3.05) is 0 Å². The molecule has 0 atom stereocenters. The molecule has 9 rings (SSSR count). The molecule has 0 N–H and O–H groups in total. The molecule has 0 aliphatic heterocycles. The van der Waals surface area contributed by atoms with Crippen LogP contribution in [-0.4, -0.2) is 14.1 Å². The van der Waals surface area contributed by atoms with Crippen LogP contribution in [0.4, 0.5) is 0 Å². The highest BCUT2D eigenvalue weighted by Crippen LogP contribution is 2.37. The Morgan fingerprint density at radius 3 is 1.86 bits per heavy atom. The van der Waals surface area contributed by atoms with E-state index in [4.69, 9.17) is 4.98 Å². The lowest BCUT2D eigenvalue weighted by molar-refractivity contribution is 1.14. The van der Waals surface area contributed by atoms with Gasteiger partial charge in [0.1, 0.15) is 5.65 Å². The maximum Gasteiger partial charge on any atom is 0.146 e. The predicted molar refractivity (Wildman–Crippen MR) is 176 cm³/mol. The fourth-order valence-corrected chi connectivity index (χ4v) is 6.56. The highest BCUT2D eigenvalue weighted by Gasteiger charge is 2.17. The molecule has 42 heavy (non-hydrogen) atoms. The first kappa shape index (κ1) is 23.1. The predicted octanol–water partition coefficient (Wildman–Crippen LogP) is 10.1. The van der Waals surface area contributed by atoms with Gasteiger partial charge in [0.2, 0.25) is 0 Å². The molecule has 0 saturated carbocycles. The average Bonchev–Trinajstić information content (AvgIpc) is 3.57. The molecule has 0 aliphatic rings. The number of hydrogen-bond donors (Lipinski definition) is 0. The molecular formula is C39H25N3. The van der Waals surface area contributed by atoms with Crippen molar-refractivity contribution in [1.82, 2.24) is 14.1 Å². The van der Waals surface area contributed by atoms with Crippen molar-refractivity contribution in [3.8, 4) is 22.6 Å². The van der Waals surface area contributed by atoms with Crippen LogP contribution in [0.5, 0.6) is 0 Å². The summed E-state index contributed by atoms with van der Waals surface area (Å²) in [5.74, 6) is 0. The summed E-state index contributed by atoms with van der Waals surface area (Å²) < 4.78 is 4.67. The number of aromatic nitrogens is 3. The Labute approximate surface area is 242 Å². The van der Waals surface area contributed by atoms with Crippen molar-refractivity contribution in [3.05, 3.63) is 152 Å². The highest BCUT2D eigenvalue weighted by molar-refractivity contribution is 6.11. The molecule has 0 radical (unpaired) electrons. The normalized spacial score (nSPS) is 11.8. The second-order valence-corrected chi connectivity index (χ2v) is 10.9. The zero-order valence-corrected chi connectivity index (χ0v) is 22.8. The Morgan fingerprint density at radius 1 is 0.381 bits per heavy atom. The van der Waals surface area contributed by atoms with E-state index in [0.29, 0.717) is 0 Å². The van der Waals surface area contributed by atoms with Gasteiger partial charge in [0, 0.05) is 38.5 Å². The van der Waals surface area contributed by atoms with Crippen LogP contribution >= 0.6 is 0 Å². The number of hydrogen-bond acceptors (Lipinski definition) is 1. The fraction of sp³-hybridized carbons (Fsp3) is 0. The number of fused-ring (bicyclic) bond motifs is 7. The summed E-state index contributed by atoms with van der Waals surface area (Å²) >= 11 is 0. The van der Waals surface area contributed by atoms with E-state index in [0.717, 1.165) is 39.2 Å². The molecule has 196 valence electrons. The molecule has 0 bridgehead atoms. The quantitative estimate of drug-likeness (QED) is 0.221. The Balaban J connectivity index is 1.30. The molecule has 3 heteroatoms. The smallest absolute Gasteiger partial charge is 0.146 e. The van der Waals surface area contributed by atoms with Gasteiger partial charge in [-0.05, 0) is 65.4 Å². The van der Waals surface area contributed by atoms with E-state index >= 15 is 0 Å². The van der Waals surface area contributed by atoms with Gasteiger partial charge in [0.05, 0.1) is 22.2 Å². The van der Waals surface area contributed by atoms with E-state index in [9.17, 15) is 0 Å². The molecule has 0 fully saturated rings. The van der Waals surface area contributed by atoms with Crippen LogP contribution in [0, 0.1) is 0 Å². The lowest BCUT2D eigenvalue weighted by Gasteiger charge is -2.11. The molecule has 6 aromatic carbocycles. The van der Waals surface area contributed by atoms with Crippen molar-refractivity contribution in [1.29, 1.82) is 0 Å². The van der Waals surface area contributed by atoms with E-state index in [-0.39, 0.29) is 0 Å². The largest absolute Gasteiger partial charge is 0.309 e. The van der Waals surface area contributed by atoms with E-state index in [1.807, 2.05) is 0 Å². The number of rotatable bonds is 3. The molecule has 0 saturated heterocycles. The summed E-state index contributed by atoms with van der Waals surface area (Å²) in [5, 5.41) is 7.33. The van der Waals surface area contributed by atoms with Crippen molar-refractivity contribution in [3.63, 3.8) is 0 Å². The van der Waals surface area contributed by atoms with Gasteiger partial charge in [-0.1, -0.05) is 97.1 Å². The summed E-state index contributed by atoms with van der Waals surface area (Å²) in [5.41, 5.74) is 8.83. The molecule has 0 spiro atoms. The summed E-state index contributed by atoms with van der Waals surface area (Å²) in [4.78, 5) is 5.32. The van der Waals surface area contributed by atoms with Gasteiger partial charge in [-0.25, -0.2) is 4.98 Å². The van der Waals surface area contributed by atoms with E-state index in [1.54, 1.807) is 0 Å². The minimum Gasteiger partial charge on any atom is -0.309 e. The molecular weight excluding hydrogens is 510 g/mol. The van der Waals surface area contributed by atoms with Crippen molar-refractivity contribution in [2.24, 2.45) is 0 Å². The lowest BCUT2D eigenvalue weighted by Crippen LogP contribution is -1.96. The summed E-state index contributed by atoms with van der Waals surface area (Å²) in [7, 11) is 0. The first-order valence-corrected chi connectivity index (χ1v) is 14.3. The summed E-state index contributed by atoms with van der Waals surface area (Å²) in [6, 6.07) is 54.2. The third kappa shape index (κ3) is 3.37. The third-order valence-corrected chi connectivity index (χ3v) is 8.50. The van der Waals surface area contributed by atoms with Gasteiger partial charge in [0.25, 0.3) is 0 Å². The van der Waals surface area contributed by atoms with Crippen LogP contribution in [0.15, 0.2) is 152 Å². The molecule has 3 nitrogen and oxygen atoms in total. The first-order valence-electron chi connectivity index (χ1n) is 14.3. The summed E-state index contributed by atoms with van der Waals surface area (Å²) in [6.45, 7) is 0. The van der Waals surface area contributed by atoms with Crippen molar-refractivity contribution < 1.29 is 0 Å². The third-order valence-electron chi connectivity index (χ3n) is 8.50. The van der Waals surface area contributed by atoms with Gasteiger partial charge >= 0.3 is 0 Å². The van der Waals surface area contributed by atoms with Crippen molar-refractivity contribution in [2.45, 2.75) is 0 Å². The van der Waals surface area contributed by atoms with Crippen LogP contribution < -0.4 is 0 Å². The molecule has 3 aromatic heterocycles. The Morgan fingerprint density at radius 2 is 1.02 bits per heavy atom. The van der Waals surface area contributed by atoms with Crippen LogP contribution in [0.3, 0.4) is 0 Å². The zero-order chi connectivity index (χ0) is 27.6. The van der Waals surface area contributed by atoms with Gasteiger partial charge in [-0.2, -0.15) is 0 Å². The highest BCUT2D eigenvalue weighted by atomic mass is 15.0. The molecule has 9 aromatic rings. The minimum atomic E-state index is 0.958. The second-order valence-electron chi connectivity index (χ2n) is 10.9. The standard InChI is InChI=1S/C39H25N3/c1-2-12-29(13-3-1)42-37-17-9-7-15-32(37)34-22-23-35(40-39(34)42)28-19-21-33-31-14-6-8-16-36(31)41(38(33)25-28)30-20-18-26-10-4-5-11-27(26)24-30/h1-25H. The van der Waals surface area contributed by atoms with Gasteiger partial charge < -0.3 is 4.57 Å². The zero-order valence-electron chi connectivity index (χ0n) is 22.8. The first-order chi connectivity index (χ1) is 20.8. The molecule has 0 amide bonds. The second kappa shape index (κ2) is 8.92. The van der Waals surface area contributed by atoms with Crippen LogP contribution in [0.1, 0.15) is 0 Å². The number of pyridine rings is 1. The lowest BCUT2D eigenvalue weighted by atomic mass is 10.1. The van der Waals surface area contributed by atoms with Crippen LogP contribution in [0.25, 0.3) is 77.1 Å². The SMILES string of the molecule is c1ccc(-n2c3ccccc3c3ccc(-c4ccc5c6ccccc6n(-c6ccc7ccccc7c6)c5c4)nc32)cc1. The minimum absolute atomic E-state index is 0.958. The number of nitrogens with zero attached hydrogens (tertiary/aromatic N) is 3. The van der Waals surface area contributed by atoms with Gasteiger partial charge in [-0.15, -0.1) is 0 Å². The number of para-hydroxylation sites is 3. The topological polar surface area (TPSA) is 22.8 Å². The van der Waals surface area contributed by atoms with E-state index in [2.05, 4.69) is 161 Å². The van der Waals surface area contributed by atoms with E-state index in [1.165, 1.54) is 38.0 Å². The fourth-order valence-electron chi connectivity index (χ4n) is 6.56. The Hall–Kier alpha value is -5.67. The van der Waals surface area contributed by atoms with Gasteiger partial charge in [0.15, 0.2) is 0 Å². The molecule has 0 aliphatic carbocycles. The maximum absolute atomic E-state index is 5.32. The maximum atomic E-state index is 5.32. The average molecular weight is 536 g/mol. The number of benzene rings is 6. The van der Waals surface area contributed by atoms with Crippen molar-refractivity contribution >= 4 is 54.5 Å². The Bertz CT molecular complexity index is 2460. The Kier molecular flexibility index (Phi) is 4.90. The van der Waals surface area contributed by atoms with Gasteiger partial charge in [-0.3, -0.25) is 4.57 Å². The molecule has 0 unspecified atom stereocenters. The van der Waals surface area contributed by atoms with E-state index < -0.39 is 0 Å². The van der Waals surface area contributed by atoms with Crippen LogP contribution in [0.2, 0.25) is 0 Å². The van der Waals surface area contributed by atoms with Crippen LogP contribution in [-0.2, 0) is 0 Å².